The SMILES string of the molecule is CCC(CC)(OC)c1noc(-c2ccc(Br)cc2N)n1. The fraction of sp³-hybridized carbons (Fsp3) is 0.429. The number of anilines is 1. The summed E-state index contributed by atoms with van der Waals surface area (Å²) in [5.41, 5.74) is 6.79. The summed E-state index contributed by atoms with van der Waals surface area (Å²) in [6, 6.07) is 5.55. The van der Waals surface area contributed by atoms with Gasteiger partial charge in [-0.2, -0.15) is 4.98 Å². The van der Waals surface area contributed by atoms with Gasteiger partial charge in [-0.05, 0) is 31.0 Å². The fourth-order valence-corrected chi connectivity index (χ4v) is 2.57. The van der Waals surface area contributed by atoms with E-state index in [0.717, 1.165) is 22.9 Å². The molecule has 20 heavy (non-hydrogen) atoms. The Morgan fingerprint density at radius 2 is 2.05 bits per heavy atom. The summed E-state index contributed by atoms with van der Waals surface area (Å²) in [4.78, 5) is 4.46. The van der Waals surface area contributed by atoms with Gasteiger partial charge in [0.1, 0.15) is 5.60 Å². The number of ether oxygens (including phenoxy) is 1. The molecule has 2 N–H and O–H groups in total. The zero-order chi connectivity index (χ0) is 14.8. The zero-order valence-corrected chi connectivity index (χ0v) is 13.4. The first-order chi connectivity index (χ1) is 9.56. The van der Waals surface area contributed by atoms with Crippen LogP contribution in [0.1, 0.15) is 32.5 Å². The molecule has 0 unspecified atom stereocenters. The lowest BCUT2D eigenvalue weighted by Gasteiger charge is -2.25. The zero-order valence-electron chi connectivity index (χ0n) is 11.8. The molecule has 0 aliphatic heterocycles. The maximum Gasteiger partial charge on any atom is 0.260 e. The van der Waals surface area contributed by atoms with Crippen molar-refractivity contribution in [1.29, 1.82) is 0 Å². The van der Waals surface area contributed by atoms with Crippen LogP contribution in [0, 0.1) is 0 Å². The molecule has 2 aromatic rings. The summed E-state index contributed by atoms with van der Waals surface area (Å²) in [5.74, 6) is 0.968. The van der Waals surface area contributed by atoms with Crippen LogP contribution in [0.15, 0.2) is 27.2 Å². The molecule has 5 nitrogen and oxygen atoms in total. The second-order valence-electron chi connectivity index (χ2n) is 4.56. The molecule has 0 bridgehead atoms. The number of nitrogens with two attached hydrogens (primary N) is 1. The number of halogens is 1. The molecule has 0 saturated carbocycles. The number of nitrogens with zero attached hydrogens (tertiary/aromatic N) is 2. The number of hydrogen-bond donors (Lipinski definition) is 1. The number of methoxy groups -OCH3 is 1. The van der Waals surface area contributed by atoms with E-state index in [-0.39, 0.29) is 0 Å². The van der Waals surface area contributed by atoms with Crippen molar-refractivity contribution < 1.29 is 9.26 Å². The van der Waals surface area contributed by atoms with Gasteiger partial charge in [0, 0.05) is 17.3 Å². The average Bonchev–Trinajstić information content (AvgIpc) is 2.91. The molecule has 1 aromatic carbocycles. The van der Waals surface area contributed by atoms with E-state index in [1.807, 2.05) is 32.0 Å². The summed E-state index contributed by atoms with van der Waals surface area (Å²) in [6.45, 7) is 4.08. The van der Waals surface area contributed by atoms with Crippen molar-refractivity contribution in [3.63, 3.8) is 0 Å². The number of rotatable bonds is 5. The van der Waals surface area contributed by atoms with Crippen molar-refractivity contribution in [2.75, 3.05) is 12.8 Å². The van der Waals surface area contributed by atoms with Gasteiger partial charge >= 0.3 is 0 Å². The molecule has 0 radical (unpaired) electrons. The minimum atomic E-state index is -0.508. The second kappa shape index (κ2) is 5.93. The molecule has 0 fully saturated rings. The molecule has 6 heteroatoms. The van der Waals surface area contributed by atoms with E-state index < -0.39 is 5.60 Å². The van der Waals surface area contributed by atoms with E-state index in [9.17, 15) is 0 Å². The van der Waals surface area contributed by atoms with Crippen LogP contribution in [-0.2, 0) is 10.3 Å². The van der Waals surface area contributed by atoms with Gasteiger partial charge in [-0.15, -0.1) is 0 Å². The molecule has 1 aromatic heterocycles. The third-order valence-electron chi connectivity index (χ3n) is 3.61. The maximum absolute atomic E-state index is 5.98. The quantitative estimate of drug-likeness (QED) is 0.839. The Bertz CT molecular complexity index is 586. The van der Waals surface area contributed by atoms with Crippen molar-refractivity contribution in [2.24, 2.45) is 0 Å². The van der Waals surface area contributed by atoms with Crippen LogP contribution in [0.2, 0.25) is 0 Å². The maximum atomic E-state index is 5.98. The Morgan fingerprint density at radius 3 is 2.60 bits per heavy atom. The van der Waals surface area contributed by atoms with E-state index in [1.54, 1.807) is 7.11 Å². The second-order valence-corrected chi connectivity index (χ2v) is 5.48. The Morgan fingerprint density at radius 1 is 1.35 bits per heavy atom. The Labute approximate surface area is 126 Å². The first kappa shape index (κ1) is 15.0. The van der Waals surface area contributed by atoms with Crippen LogP contribution in [0.3, 0.4) is 0 Å². The summed E-state index contributed by atoms with van der Waals surface area (Å²) in [7, 11) is 1.66. The lowest BCUT2D eigenvalue weighted by molar-refractivity contribution is -0.0306. The largest absolute Gasteiger partial charge is 0.398 e. The van der Waals surface area contributed by atoms with Crippen molar-refractivity contribution in [1.82, 2.24) is 10.1 Å². The van der Waals surface area contributed by atoms with Gasteiger partial charge in [-0.1, -0.05) is 34.9 Å². The molecule has 0 aliphatic carbocycles. The van der Waals surface area contributed by atoms with Crippen molar-refractivity contribution in [3.05, 3.63) is 28.5 Å². The van der Waals surface area contributed by atoms with E-state index in [0.29, 0.717) is 17.4 Å². The highest BCUT2D eigenvalue weighted by Gasteiger charge is 2.34. The van der Waals surface area contributed by atoms with Crippen molar-refractivity contribution in [2.45, 2.75) is 32.3 Å². The first-order valence-corrected chi connectivity index (χ1v) is 7.30. The van der Waals surface area contributed by atoms with E-state index in [2.05, 4.69) is 26.1 Å². The Kier molecular flexibility index (Phi) is 4.45. The Balaban J connectivity index is 2.42. The van der Waals surface area contributed by atoms with Crippen LogP contribution >= 0.6 is 15.9 Å². The van der Waals surface area contributed by atoms with Crippen LogP contribution in [0.5, 0.6) is 0 Å². The van der Waals surface area contributed by atoms with E-state index in [1.165, 1.54) is 0 Å². The minimum Gasteiger partial charge on any atom is -0.398 e. The van der Waals surface area contributed by atoms with Crippen LogP contribution in [0.25, 0.3) is 11.5 Å². The smallest absolute Gasteiger partial charge is 0.260 e. The van der Waals surface area contributed by atoms with Gasteiger partial charge < -0.3 is 15.0 Å². The van der Waals surface area contributed by atoms with Crippen LogP contribution in [0.4, 0.5) is 5.69 Å². The molecular weight excluding hydrogens is 322 g/mol. The number of aromatic nitrogens is 2. The normalized spacial score (nSPS) is 11.8. The average molecular weight is 340 g/mol. The van der Waals surface area contributed by atoms with Crippen LogP contribution in [-0.4, -0.2) is 17.3 Å². The van der Waals surface area contributed by atoms with Gasteiger partial charge in [0.05, 0.1) is 5.56 Å². The highest BCUT2D eigenvalue weighted by Crippen LogP contribution is 2.33. The molecule has 2 rings (SSSR count). The standard InChI is InChI=1S/C14H18BrN3O2/c1-4-14(5-2,19-3)13-17-12(20-18-13)10-7-6-9(15)8-11(10)16/h6-8H,4-5,16H2,1-3H3. The number of hydrogen-bond acceptors (Lipinski definition) is 5. The molecule has 0 spiro atoms. The summed E-state index contributed by atoms with van der Waals surface area (Å²) >= 11 is 3.37. The lowest BCUT2D eigenvalue weighted by Crippen LogP contribution is -2.28. The minimum absolute atomic E-state index is 0.410. The number of benzene rings is 1. The third kappa shape index (κ3) is 2.58. The highest BCUT2D eigenvalue weighted by atomic mass is 79.9. The summed E-state index contributed by atoms with van der Waals surface area (Å²) in [6.07, 6.45) is 1.55. The predicted octanol–water partition coefficient (Wildman–Crippen LogP) is 3.74. The van der Waals surface area contributed by atoms with E-state index >= 15 is 0 Å². The highest BCUT2D eigenvalue weighted by molar-refractivity contribution is 9.10. The van der Waals surface area contributed by atoms with Crippen LogP contribution < -0.4 is 5.73 Å². The topological polar surface area (TPSA) is 74.2 Å². The van der Waals surface area contributed by atoms with Gasteiger partial charge in [-0.25, -0.2) is 0 Å². The lowest BCUT2D eigenvalue weighted by atomic mass is 9.96. The molecule has 0 amide bonds. The summed E-state index contributed by atoms with van der Waals surface area (Å²) in [5, 5.41) is 4.06. The van der Waals surface area contributed by atoms with Gasteiger partial charge in [0.2, 0.25) is 5.82 Å². The number of nitrogen functional groups attached to an aromatic ring is 1. The summed E-state index contributed by atoms with van der Waals surface area (Å²) < 4.78 is 11.9. The van der Waals surface area contributed by atoms with Crippen molar-refractivity contribution >= 4 is 21.6 Å². The van der Waals surface area contributed by atoms with Crippen molar-refractivity contribution in [3.8, 4) is 11.5 Å². The monoisotopic (exact) mass is 339 g/mol. The third-order valence-corrected chi connectivity index (χ3v) is 4.10. The van der Waals surface area contributed by atoms with E-state index in [4.69, 9.17) is 15.0 Å². The molecule has 0 atom stereocenters. The molecule has 0 aliphatic rings. The van der Waals surface area contributed by atoms with Gasteiger partial charge in [0.25, 0.3) is 5.89 Å². The first-order valence-electron chi connectivity index (χ1n) is 6.51. The molecular formula is C14H18BrN3O2. The molecule has 108 valence electrons. The van der Waals surface area contributed by atoms with Gasteiger partial charge in [0.15, 0.2) is 0 Å². The predicted molar refractivity (Wildman–Crippen MR) is 81.1 cm³/mol. The van der Waals surface area contributed by atoms with Gasteiger partial charge in [-0.3, -0.25) is 0 Å². The fourth-order valence-electron chi connectivity index (χ4n) is 2.19. The molecule has 1 heterocycles. The molecule has 0 saturated heterocycles. The Hall–Kier alpha value is -1.40.